The fraction of sp³-hybridized carbons (Fsp3) is 0.636. The molecule has 7 heteroatoms. The maximum absolute atomic E-state index is 11.9. The van der Waals surface area contributed by atoms with E-state index in [0.717, 1.165) is 11.4 Å². The Kier molecular flexibility index (Phi) is 4.89. The van der Waals surface area contributed by atoms with Gasteiger partial charge in [-0.05, 0) is 19.9 Å². The molecule has 0 aliphatic rings. The topological polar surface area (TPSA) is 46.9 Å². The van der Waals surface area contributed by atoms with Crippen molar-refractivity contribution in [3.63, 3.8) is 0 Å². The van der Waals surface area contributed by atoms with Crippen LogP contribution in [0.2, 0.25) is 0 Å². The van der Waals surface area contributed by atoms with Crippen molar-refractivity contribution >= 4 is 5.78 Å². The lowest BCUT2D eigenvalue weighted by Gasteiger charge is -2.08. The van der Waals surface area contributed by atoms with Gasteiger partial charge in [0.25, 0.3) is 0 Å². The van der Waals surface area contributed by atoms with Gasteiger partial charge >= 0.3 is 6.18 Å². The van der Waals surface area contributed by atoms with Crippen molar-refractivity contribution in [3.05, 3.63) is 17.5 Å². The first-order valence-electron chi connectivity index (χ1n) is 5.64. The molecule has 0 unspecified atom stereocenters. The summed E-state index contributed by atoms with van der Waals surface area (Å²) in [6.45, 7) is 2.90. The summed E-state index contributed by atoms with van der Waals surface area (Å²) in [6, 6.07) is 1.77. The quantitative estimate of drug-likeness (QED) is 0.845. The molecule has 0 aliphatic heterocycles. The van der Waals surface area contributed by atoms with Crippen LogP contribution in [-0.4, -0.2) is 34.8 Å². The molecule has 0 radical (unpaired) electrons. The molecule has 0 aromatic carbocycles. The zero-order valence-electron chi connectivity index (χ0n) is 10.3. The van der Waals surface area contributed by atoms with Gasteiger partial charge in [-0.1, -0.05) is 0 Å². The molecule has 0 saturated heterocycles. The minimum absolute atomic E-state index is 0.0968. The van der Waals surface area contributed by atoms with Crippen LogP contribution in [-0.2, 0) is 17.8 Å². The van der Waals surface area contributed by atoms with Crippen molar-refractivity contribution in [1.82, 2.24) is 15.1 Å². The molecule has 1 heterocycles. The highest BCUT2D eigenvalue weighted by Crippen LogP contribution is 2.12. The molecule has 1 N–H and O–H groups in total. The third-order valence-corrected chi connectivity index (χ3v) is 2.31. The number of ketones is 1. The number of hydrogen-bond donors (Lipinski definition) is 1. The molecule has 0 bridgehead atoms. The van der Waals surface area contributed by atoms with Gasteiger partial charge in [-0.25, -0.2) is 0 Å². The Morgan fingerprint density at radius 1 is 1.50 bits per heavy atom. The zero-order chi connectivity index (χ0) is 13.8. The number of aromatic nitrogens is 2. The summed E-state index contributed by atoms with van der Waals surface area (Å²) in [6.07, 6.45) is -4.19. The van der Waals surface area contributed by atoms with Gasteiger partial charge in [0.2, 0.25) is 0 Å². The van der Waals surface area contributed by atoms with E-state index in [2.05, 4.69) is 10.4 Å². The average molecular weight is 263 g/mol. The van der Waals surface area contributed by atoms with E-state index >= 15 is 0 Å². The molecule has 0 spiro atoms. The molecule has 102 valence electrons. The van der Waals surface area contributed by atoms with Crippen LogP contribution in [0.25, 0.3) is 0 Å². The lowest BCUT2D eigenvalue weighted by Crippen LogP contribution is -2.33. The predicted molar refractivity (Wildman–Crippen MR) is 60.3 cm³/mol. The molecule has 0 amide bonds. The summed E-state index contributed by atoms with van der Waals surface area (Å²) < 4.78 is 37.3. The molecular weight excluding hydrogens is 247 g/mol. The fourth-order valence-electron chi connectivity index (χ4n) is 1.62. The molecule has 0 saturated carbocycles. The maximum Gasteiger partial charge on any atom is 0.401 e. The van der Waals surface area contributed by atoms with Gasteiger partial charge in [-0.3, -0.25) is 9.48 Å². The number of aryl methyl sites for hydroxylation is 2. The van der Waals surface area contributed by atoms with E-state index < -0.39 is 12.7 Å². The second-order valence-corrected chi connectivity index (χ2v) is 4.03. The van der Waals surface area contributed by atoms with Crippen LogP contribution in [0.3, 0.4) is 0 Å². The minimum Gasteiger partial charge on any atom is -0.302 e. The molecule has 1 aromatic rings. The lowest BCUT2D eigenvalue weighted by atomic mass is 10.2. The van der Waals surface area contributed by atoms with Crippen molar-refractivity contribution < 1.29 is 18.0 Å². The van der Waals surface area contributed by atoms with Gasteiger partial charge in [0, 0.05) is 18.7 Å². The first kappa shape index (κ1) is 14.7. The minimum atomic E-state index is -4.29. The number of carbonyl (C=O) groups excluding carboxylic acids is 1. The number of carbonyl (C=O) groups is 1. The van der Waals surface area contributed by atoms with Crippen molar-refractivity contribution in [3.8, 4) is 0 Å². The van der Waals surface area contributed by atoms with Crippen molar-refractivity contribution in [2.75, 3.05) is 13.1 Å². The number of hydrogen-bond acceptors (Lipinski definition) is 3. The normalized spacial score (nSPS) is 11.8. The summed E-state index contributed by atoms with van der Waals surface area (Å²) in [5, 5.41) is 6.25. The second-order valence-electron chi connectivity index (χ2n) is 4.03. The molecule has 18 heavy (non-hydrogen) atoms. The van der Waals surface area contributed by atoms with Crippen LogP contribution < -0.4 is 5.32 Å². The molecule has 0 atom stereocenters. The largest absolute Gasteiger partial charge is 0.401 e. The predicted octanol–water partition coefficient (Wildman–Crippen LogP) is 1.47. The van der Waals surface area contributed by atoms with Crippen molar-refractivity contribution in [1.29, 1.82) is 0 Å². The summed E-state index contributed by atoms with van der Waals surface area (Å²) in [5.74, 6) is -0.283. The smallest absolute Gasteiger partial charge is 0.302 e. The average Bonchev–Trinajstić information content (AvgIpc) is 2.56. The fourth-order valence-corrected chi connectivity index (χ4v) is 1.62. The van der Waals surface area contributed by atoms with E-state index in [4.69, 9.17) is 0 Å². The monoisotopic (exact) mass is 263 g/mol. The molecule has 1 aromatic heterocycles. The maximum atomic E-state index is 11.9. The number of alkyl halides is 3. The van der Waals surface area contributed by atoms with Crippen molar-refractivity contribution in [2.24, 2.45) is 0 Å². The summed E-state index contributed by atoms with van der Waals surface area (Å²) in [4.78, 5) is 11.5. The third kappa shape index (κ3) is 4.87. The Morgan fingerprint density at radius 2 is 2.17 bits per heavy atom. The van der Waals surface area contributed by atoms with E-state index in [9.17, 15) is 18.0 Å². The van der Waals surface area contributed by atoms with Crippen LogP contribution in [0.5, 0.6) is 0 Å². The molecule has 4 nitrogen and oxygen atoms in total. The number of Topliss-reactive ketones (excluding diaryl/α,β-unsaturated/α-hetero) is 1. The van der Waals surface area contributed by atoms with E-state index in [1.54, 1.807) is 10.7 Å². The summed E-state index contributed by atoms with van der Waals surface area (Å²) in [5.41, 5.74) is 1.52. The van der Waals surface area contributed by atoms with Crippen LogP contribution in [0.4, 0.5) is 13.2 Å². The lowest BCUT2D eigenvalue weighted by molar-refractivity contribution is -0.127. The first-order valence-corrected chi connectivity index (χ1v) is 5.64. The second kappa shape index (κ2) is 5.99. The van der Waals surface area contributed by atoms with Gasteiger partial charge in [-0.15, -0.1) is 0 Å². The van der Waals surface area contributed by atoms with Gasteiger partial charge in [0.15, 0.2) is 5.78 Å². The number of halogens is 3. The Bertz CT molecular complexity index is 412. The van der Waals surface area contributed by atoms with Crippen LogP contribution in [0.15, 0.2) is 6.07 Å². The summed E-state index contributed by atoms with van der Waals surface area (Å²) in [7, 11) is 0. The SMILES string of the molecule is CCn1nc(C)cc1CC(=O)CNCC(F)(F)F. The highest BCUT2D eigenvalue weighted by atomic mass is 19.4. The van der Waals surface area contributed by atoms with E-state index in [-0.39, 0.29) is 18.7 Å². The zero-order valence-corrected chi connectivity index (χ0v) is 10.3. The number of rotatable bonds is 6. The van der Waals surface area contributed by atoms with Gasteiger partial charge in [0.1, 0.15) is 0 Å². The third-order valence-electron chi connectivity index (χ3n) is 2.31. The highest BCUT2D eigenvalue weighted by molar-refractivity contribution is 5.82. The summed E-state index contributed by atoms with van der Waals surface area (Å²) >= 11 is 0. The van der Waals surface area contributed by atoms with Gasteiger partial charge in [-0.2, -0.15) is 18.3 Å². The molecule has 0 aliphatic carbocycles. The highest BCUT2D eigenvalue weighted by Gasteiger charge is 2.26. The standard InChI is InChI=1S/C11H16F3N3O/c1-3-17-9(4-8(2)16-17)5-10(18)6-15-7-11(12,13)14/h4,15H,3,5-7H2,1-2H3. The van der Waals surface area contributed by atoms with Crippen LogP contribution >= 0.6 is 0 Å². The Balaban J connectivity index is 2.44. The van der Waals surface area contributed by atoms with E-state index in [1.165, 1.54) is 0 Å². The Hall–Kier alpha value is -1.37. The van der Waals surface area contributed by atoms with Crippen LogP contribution in [0, 0.1) is 6.92 Å². The van der Waals surface area contributed by atoms with E-state index in [1.807, 2.05) is 13.8 Å². The molecule has 1 rings (SSSR count). The number of nitrogens with zero attached hydrogens (tertiary/aromatic N) is 2. The van der Waals surface area contributed by atoms with Crippen LogP contribution in [0.1, 0.15) is 18.3 Å². The van der Waals surface area contributed by atoms with E-state index in [0.29, 0.717) is 6.54 Å². The molecular formula is C11H16F3N3O. The van der Waals surface area contributed by atoms with Crippen molar-refractivity contribution in [2.45, 2.75) is 33.0 Å². The first-order chi connectivity index (χ1) is 8.31. The van der Waals surface area contributed by atoms with Gasteiger partial charge < -0.3 is 5.32 Å². The van der Waals surface area contributed by atoms with Gasteiger partial charge in [0.05, 0.1) is 18.8 Å². The molecule has 0 fully saturated rings. The Labute approximate surface area is 103 Å². The Morgan fingerprint density at radius 3 is 2.72 bits per heavy atom. The number of nitrogens with one attached hydrogen (secondary N) is 1.